The minimum atomic E-state index is 0.686. The van der Waals surface area contributed by atoms with Crippen molar-refractivity contribution in [2.24, 2.45) is 0 Å². The van der Waals surface area contributed by atoms with E-state index in [0.29, 0.717) is 5.02 Å². The molecule has 4 nitrogen and oxygen atoms in total. The van der Waals surface area contributed by atoms with E-state index in [1.165, 1.54) is 0 Å². The van der Waals surface area contributed by atoms with Crippen molar-refractivity contribution in [1.82, 2.24) is 19.9 Å². The lowest BCUT2D eigenvalue weighted by Gasteiger charge is -2.03. The fourth-order valence-electron chi connectivity index (χ4n) is 3.12. The molecule has 0 unspecified atom stereocenters. The van der Waals surface area contributed by atoms with Gasteiger partial charge in [0.05, 0.1) is 22.1 Å². The molecule has 0 spiro atoms. The zero-order valence-corrected chi connectivity index (χ0v) is 13.2. The average molecular weight is 331 g/mol. The molecule has 0 amide bonds. The number of benzene rings is 2. The molecule has 24 heavy (non-hydrogen) atoms. The van der Waals surface area contributed by atoms with Crippen LogP contribution in [0, 0.1) is 0 Å². The highest BCUT2D eigenvalue weighted by Crippen LogP contribution is 2.33. The number of nitrogens with one attached hydrogen (secondary N) is 1. The third kappa shape index (κ3) is 1.90. The molecular weight excluding hydrogens is 320 g/mol. The van der Waals surface area contributed by atoms with E-state index in [1.54, 1.807) is 12.4 Å². The predicted molar refractivity (Wildman–Crippen MR) is 97.1 cm³/mol. The normalized spacial score (nSPS) is 11.5. The molecule has 2 aromatic carbocycles. The SMILES string of the molecule is Clc1cccc(-c2nc3c4cccnc4c4ncccc4c3[nH]2)c1. The molecule has 0 aliphatic rings. The third-order valence-electron chi connectivity index (χ3n) is 4.17. The quantitative estimate of drug-likeness (QED) is 0.441. The summed E-state index contributed by atoms with van der Waals surface area (Å²) >= 11 is 6.12. The Labute approximate surface area is 142 Å². The van der Waals surface area contributed by atoms with Gasteiger partial charge in [0.1, 0.15) is 5.82 Å². The summed E-state index contributed by atoms with van der Waals surface area (Å²) in [6.45, 7) is 0. The Hall–Kier alpha value is -2.98. The summed E-state index contributed by atoms with van der Waals surface area (Å²) in [5.41, 5.74) is 4.56. The van der Waals surface area contributed by atoms with Crippen molar-refractivity contribution in [3.05, 3.63) is 65.9 Å². The summed E-state index contributed by atoms with van der Waals surface area (Å²) in [6, 6.07) is 15.6. The standard InChI is InChI=1S/C19H11ClN4/c20-12-5-1-4-11(10-12)19-23-17-13-6-2-8-21-15(13)16-14(18(17)24-19)7-3-9-22-16/h1-10H,(H,23,24). The molecule has 5 aromatic rings. The first-order chi connectivity index (χ1) is 11.8. The van der Waals surface area contributed by atoms with E-state index < -0.39 is 0 Å². The number of nitrogens with zero attached hydrogens (tertiary/aromatic N) is 3. The second-order valence-electron chi connectivity index (χ2n) is 5.62. The zero-order chi connectivity index (χ0) is 16.1. The molecule has 0 saturated heterocycles. The summed E-state index contributed by atoms with van der Waals surface area (Å²) in [7, 11) is 0. The summed E-state index contributed by atoms with van der Waals surface area (Å²) in [6.07, 6.45) is 3.57. The number of aromatic amines is 1. The molecule has 0 fully saturated rings. The van der Waals surface area contributed by atoms with Crippen molar-refractivity contribution in [1.29, 1.82) is 0 Å². The van der Waals surface area contributed by atoms with Gasteiger partial charge in [-0.05, 0) is 36.4 Å². The maximum atomic E-state index is 6.12. The number of hydrogen-bond donors (Lipinski definition) is 1. The van der Waals surface area contributed by atoms with Crippen molar-refractivity contribution in [3.63, 3.8) is 0 Å². The highest BCUT2D eigenvalue weighted by molar-refractivity contribution is 6.30. The van der Waals surface area contributed by atoms with Crippen LogP contribution < -0.4 is 0 Å². The lowest BCUT2D eigenvalue weighted by molar-refractivity contribution is 1.34. The van der Waals surface area contributed by atoms with Crippen LogP contribution in [0.1, 0.15) is 0 Å². The van der Waals surface area contributed by atoms with Gasteiger partial charge in [0.25, 0.3) is 0 Å². The van der Waals surface area contributed by atoms with E-state index >= 15 is 0 Å². The van der Waals surface area contributed by atoms with Crippen LogP contribution in [0.3, 0.4) is 0 Å². The van der Waals surface area contributed by atoms with Crippen LogP contribution in [-0.2, 0) is 0 Å². The monoisotopic (exact) mass is 330 g/mol. The van der Waals surface area contributed by atoms with Crippen LogP contribution in [0.4, 0.5) is 0 Å². The van der Waals surface area contributed by atoms with Crippen molar-refractivity contribution in [3.8, 4) is 11.4 Å². The second kappa shape index (κ2) is 5.01. The molecular formula is C19H11ClN4. The molecule has 0 atom stereocenters. The number of aromatic nitrogens is 4. The van der Waals surface area contributed by atoms with E-state index in [0.717, 1.165) is 44.2 Å². The third-order valence-corrected chi connectivity index (χ3v) is 4.40. The van der Waals surface area contributed by atoms with Gasteiger partial charge >= 0.3 is 0 Å². The maximum absolute atomic E-state index is 6.12. The van der Waals surface area contributed by atoms with Gasteiger partial charge < -0.3 is 4.98 Å². The minimum absolute atomic E-state index is 0.686. The maximum Gasteiger partial charge on any atom is 0.138 e. The van der Waals surface area contributed by atoms with E-state index in [9.17, 15) is 0 Å². The first-order valence-corrected chi connectivity index (χ1v) is 7.96. The van der Waals surface area contributed by atoms with E-state index in [-0.39, 0.29) is 0 Å². The molecule has 0 aliphatic heterocycles. The predicted octanol–water partition coefficient (Wildman–Crippen LogP) is 4.98. The number of pyridine rings is 2. The number of H-pyrrole nitrogens is 1. The fraction of sp³-hybridized carbons (Fsp3) is 0. The molecule has 5 rings (SSSR count). The summed E-state index contributed by atoms with van der Waals surface area (Å²) in [5, 5.41) is 2.69. The van der Waals surface area contributed by atoms with Crippen LogP contribution in [0.15, 0.2) is 60.9 Å². The molecule has 0 bridgehead atoms. The Bertz CT molecular complexity index is 1150. The Kier molecular flexibility index (Phi) is 2.81. The average Bonchev–Trinajstić information content (AvgIpc) is 3.08. The highest BCUT2D eigenvalue weighted by atomic mass is 35.5. The van der Waals surface area contributed by atoms with Crippen LogP contribution in [0.25, 0.3) is 44.2 Å². The first-order valence-electron chi connectivity index (χ1n) is 7.58. The first kappa shape index (κ1) is 13.5. The number of hydrogen-bond acceptors (Lipinski definition) is 3. The van der Waals surface area contributed by atoms with Gasteiger partial charge in [0, 0.05) is 33.8 Å². The van der Waals surface area contributed by atoms with Crippen molar-refractivity contribution in [2.45, 2.75) is 0 Å². The Morgan fingerprint density at radius 1 is 0.792 bits per heavy atom. The molecule has 114 valence electrons. The summed E-state index contributed by atoms with van der Waals surface area (Å²) in [4.78, 5) is 17.3. The Balaban J connectivity index is 1.95. The van der Waals surface area contributed by atoms with Crippen molar-refractivity contribution in [2.75, 3.05) is 0 Å². The number of fused-ring (bicyclic) bond motifs is 6. The van der Waals surface area contributed by atoms with Gasteiger partial charge in [-0.2, -0.15) is 0 Å². The van der Waals surface area contributed by atoms with Gasteiger partial charge in [-0.25, -0.2) is 4.98 Å². The van der Waals surface area contributed by atoms with Crippen molar-refractivity contribution < 1.29 is 0 Å². The molecule has 3 heterocycles. The van der Waals surface area contributed by atoms with Gasteiger partial charge in [-0.3, -0.25) is 9.97 Å². The van der Waals surface area contributed by atoms with Gasteiger partial charge in [0.15, 0.2) is 0 Å². The Morgan fingerprint density at radius 2 is 1.54 bits per heavy atom. The molecule has 3 aromatic heterocycles. The van der Waals surface area contributed by atoms with Gasteiger partial charge in [-0.1, -0.05) is 23.7 Å². The number of rotatable bonds is 1. The largest absolute Gasteiger partial charge is 0.337 e. The number of halogens is 1. The van der Waals surface area contributed by atoms with Crippen LogP contribution >= 0.6 is 11.6 Å². The molecule has 0 radical (unpaired) electrons. The zero-order valence-electron chi connectivity index (χ0n) is 12.5. The molecule has 0 aliphatic carbocycles. The Morgan fingerprint density at radius 3 is 2.33 bits per heavy atom. The second-order valence-corrected chi connectivity index (χ2v) is 6.05. The van der Waals surface area contributed by atoms with Gasteiger partial charge in [-0.15, -0.1) is 0 Å². The summed E-state index contributed by atoms with van der Waals surface area (Å²) in [5.74, 6) is 0.786. The van der Waals surface area contributed by atoms with E-state index in [4.69, 9.17) is 16.6 Å². The highest BCUT2D eigenvalue weighted by Gasteiger charge is 2.14. The smallest absolute Gasteiger partial charge is 0.138 e. The summed E-state index contributed by atoms with van der Waals surface area (Å²) < 4.78 is 0. The van der Waals surface area contributed by atoms with E-state index in [1.807, 2.05) is 48.5 Å². The lowest BCUT2D eigenvalue weighted by Crippen LogP contribution is -1.86. The molecule has 0 saturated carbocycles. The van der Waals surface area contributed by atoms with Crippen LogP contribution in [0.5, 0.6) is 0 Å². The van der Waals surface area contributed by atoms with E-state index in [2.05, 4.69) is 15.0 Å². The van der Waals surface area contributed by atoms with Crippen LogP contribution in [-0.4, -0.2) is 19.9 Å². The lowest BCUT2D eigenvalue weighted by atomic mass is 10.1. The topological polar surface area (TPSA) is 54.5 Å². The minimum Gasteiger partial charge on any atom is -0.337 e. The van der Waals surface area contributed by atoms with Gasteiger partial charge in [0.2, 0.25) is 0 Å². The van der Waals surface area contributed by atoms with Crippen molar-refractivity contribution >= 4 is 44.4 Å². The fourth-order valence-corrected chi connectivity index (χ4v) is 3.31. The number of imidazole rings is 1. The molecule has 1 N–H and O–H groups in total. The van der Waals surface area contributed by atoms with Crippen LogP contribution in [0.2, 0.25) is 5.02 Å². The molecule has 5 heteroatoms.